The molecule has 18 nitrogen and oxygen atoms in total. The molecule has 2 aliphatic heterocycles. The number of Topliss-reactive ketones (excluding diaryl/α,β-unsaturated/α-hetero) is 2. The maximum absolute atomic E-state index is 13.9. The molecule has 0 fully saturated rings. The van der Waals surface area contributed by atoms with Gasteiger partial charge < -0.3 is 65.8 Å². The quantitative estimate of drug-likeness (QED) is 0.0210. The van der Waals surface area contributed by atoms with E-state index in [0.29, 0.717) is 118 Å². The third kappa shape index (κ3) is 14.1. The summed E-state index contributed by atoms with van der Waals surface area (Å²) >= 11 is 0. The maximum atomic E-state index is 13.9. The minimum atomic E-state index is -0.988. The zero-order valence-electron chi connectivity index (χ0n) is 49.0. The Balaban J connectivity index is 1.05. The number of esters is 2. The molecule has 6 rings (SSSR count). The van der Waals surface area contributed by atoms with Crippen molar-refractivity contribution in [1.29, 1.82) is 0 Å². The first-order valence-electron chi connectivity index (χ1n) is 27.0. The third-order valence-corrected chi connectivity index (χ3v) is 16.1. The van der Waals surface area contributed by atoms with Gasteiger partial charge in [0.1, 0.15) is 23.7 Å². The van der Waals surface area contributed by atoms with Crippen LogP contribution in [-0.4, -0.2) is 157 Å². The number of quaternary nitrogens is 2. The van der Waals surface area contributed by atoms with Gasteiger partial charge in [0.05, 0.1) is 125 Å². The first-order chi connectivity index (χ1) is 37.9. The monoisotopic (exact) mass is 1100 g/mol. The molecule has 2 heterocycles. The molecule has 0 saturated carbocycles. The van der Waals surface area contributed by atoms with Gasteiger partial charge in [-0.15, -0.1) is 0 Å². The Bertz CT molecular complexity index is 2540. The maximum Gasteiger partial charge on any atom is 0.322 e. The fourth-order valence-corrected chi connectivity index (χ4v) is 11.6. The van der Waals surface area contributed by atoms with Crippen molar-refractivity contribution in [2.75, 3.05) is 125 Å². The van der Waals surface area contributed by atoms with Crippen LogP contribution in [0.3, 0.4) is 0 Å². The summed E-state index contributed by atoms with van der Waals surface area (Å²) in [5, 5.41) is 0. The van der Waals surface area contributed by atoms with Gasteiger partial charge in [-0.05, 0) is 97.5 Å². The number of carbonyl (C=O) groups is 4. The van der Waals surface area contributed by atoms with Crippen LogP contribution in [-0.2, 0) is 54.3 Å². The van der Waals surface area contributed by atoms with Crippen molar-refractivity contribution in [3.05, 3.63) is 81.9 Å². The Kier molecular flexibility index (Phi) is 21.6. The fraction of sp³-hybridized carbons (Fsp3) is 0.541. The summed E-state index contributed by atoms with van der Waals surface area (Å²) in [7, 11) is 20.1. The molecule has 0 N–H and O–H groups in total. The highest BCUT2D eigenvalue weighted by atomic mass is 16.6. The van der Waals surface area contributed by atoms with Crippen LogP contribution in [0.4, 0.5) is 0 Å². The molecule has 4 aromatic rings. The van der Waals surface area contributed by atoms with Crippen molar-refractivity contribution >= 4 is 23.5 Å². The van der Waals surface area contributed by atoms with Crippen LogP contribution in [0.5, 0.6) is 57.5 Å². The minimum Gasteiger partial charge on any atom is -0.493 e. The number of hydrogen-bond acceptors (Lipinski definition) is 16. The van der Waals surface area contributed by atoms with E-state index in [1.54, 1.807) is 71.1 Å². The van der Waals surface area contributed by atoms with Crippen molar-refractivity contribution in [2.24, 2.45) is 11.8 Å². The molecule has 18 heteroatoms. The van der Waals surface area contributed by atoms with Crippen LogP contribution in [0.25, 0.3) is 0 Å². The minimum absolute atomic E-state index is 0.165. The van der Waals surface area contributed by atoms with Crippen LogP contribution in [0.2, 0.25) is 0 Å². The molecule has 4 aromatic carbocycles. The summed E-state index contributed by atoms with van der Waals surface area (Å²) in [6.07, 6.45) is 5.94. The van der Waals surface area contributed by atoms with Crippen molar-refractivity contribution < 1.29 is 85.0 Å². The van der Waals surface area contributed by atoms with Crippen LogP contribution in [0.1, 0.15) is 91.4 Å². The smallest absolute Gasteiger partial charge is 0.322 e. The van der Waals surface area contributed by atoms with Gasteiger partial charge in [0, 0.05) is 36.8 Å². The van der Waals surface area contributed by atoms with E-state index in [2.05, 4.69) is 14.1 Å². The van der Waals surface area contributed by atoms with E-state index in [1.807, 2.05) is 48.5 Å². The van der Waals surface area contributed by atoms with E-state index in [4.69, 9.17) is 56.8 Å². The molecule has 0 saturated heterocycles. The molecule has 0 aromatic heterocycles. The van der Waals surface area contributed by atoms with E-state index in [0.717, 1.165) is 52.6 Å². The molecule has 432 valence electrons. The topological polar surface area (TPSA) is 179 Å². The summed E-state index contributed by atoms with van der Waals surface area (Å²) in [5.41, 5.74) is 6.11. The highest BCUT2D eigenvalue weighted by Gasteiger charge is 2.46. The van der Waals surface area contributed by atoms with Gasteiger partial charge in [-0.25, -0.2) is 0 Å². The largest absolute Gasteiger partial charge is 0.493 e. The Morgan fingerprint density at radius 3 is 1.03 bits per heavy atom. The zero-order valence-corrected chi connectivity index (χ0v) is 49.0. The van der Waals surface area contributed by atoms with Crippen LogP contribution >= 0.6 is 0 Å². The predicted molar refractivity (Wildman–Crippen MR) is 297 cm³/mol. The van der Waals surface area contributed by atoms with E-state index in [9.17, 15) is 19.2 Å². The van der Waals surface area contributed by atoms with E-state index in [1.165, 1.54) is 13.8 Å². The van der Waals surface area contributed by atoms with Gasteiger partial charge in [0.2, 0.25) is 11.5 Å². The number of rotatable bonds is 30. The molecule has 6 unspecified atom stereocenters. The summed E-state index contributed by atoms with van der Waals surface area (Å²) in [6.45, 7) is 4.99. The number of likely N-dealkylation sites (N-methyl/N-ethyl adjacent to an activating group) is 2. The van der Waals surface area contributed by atoms with Crippen LogP contribution in [0.15, 0.2) is 48.5 Å². The zero-order chi connectivity index (χ0) is 57.6. The second-order valence-corrected chi connectivity index (χ2v) is 21.0. The third-order valence-electron chi connectivity index (χ3n) is 16.1. The lowest BCUT2D eigenvalue weighted by atomic mass is 9.85. The number of unbranched alkanes of at least 4 members (excludes halogenated alkanes) is 4. The molecule has 0 aliphatic carbocycles. The average Bonchev–Trinajstić information content (AvgIpc) is 3.54. The average molecular weight is 1100 g/mol. The normalized spacial score (nSPS) is 19.1. The van der Waals surface area contributed by atoms with Gasteiger partial charge in [0.25, 0.3) is 0 Å². The van der Waals surface area contributed by atoms with Crippen molar-refractivity contribution in [3.8, 4) is 57.5 Å². The highest BCUT2D eigenvalue weighted by Crippen LogP contribution is 2.47. The molecule has 79 heavy (non-hydrogen) atoms. The van der Waals surface area contributed by atoms with Crippen LogP contribution < -0.4 is 47.4 Å². The Morgan fingerprint density at radius 2 is 0.734 bits per heavy atom. The van der Waals surface area contributed by atoms with Gasteiger partial charge in [0.15, 0.2) is 57.8 Å². The molecule has 0 bridgehead atoms. The molecule has 0 spiro atoms. The first-order valence-corrected chi connectivity index (χ1v) is 27.0. The summed E-state index contributed by atoms with van der Waals surface area (Å²) < 4.78 is 69.3. The molecule has 0 radical (unpaired) electrons. The first kappa shape index (κ1) is 61.3. The fourth-order valence-electron chi connectivity index (χ4n) is 11.6. The van der Waals surface area contributed by atoms with E-state index >= 15 is 0 Å². The molecule has 6 atom stereocenters. The van der Waals surface area contributed by atoms with Crippen molar-refractivity contribution in [2.45, 2.75) is 83.7 Å². The lowest BCUT2D eigenvalue weighted by Crippen LogP contribution is -2.56. The summed E-state index contributed by atoms with van der Waals surface area (Å²) in [4.78, 5) is 54.5. The number of ketones is 2. The Hall–Kier alpha value is -6.92. The Morgan fingerprint density at radius 1 is 0.430 bits per heavy atom. The molecule has 0 amide bonds. The number of hydrogen-bond donors (Lipinski definition) is 0. The second kappa shape index (κ2) is 27.8. The molecule has 2 aliphatic rings. The number of benzene rings is 4. The lowest BCUT2D eigenvalue weighted by Gasteiger charge is -2.47. The summed E-state index contributed by atoms with van der Waals surface area (Å²) in [6, 6.07) is 15.3. The van der Waals surface area contributed by atoms with Gasteiger partial charge in [-0.3, -0.25) is 19.2 Å². The van der Waals surface area contributed by atoms with Crippen LogP contribution in [0, 0.1) is 11.8 Å². The number of nitrogens with zero attached hydrogens (tertiary/aromatic N) is 2. The van der Waals surface area contributed by atoms with E-state index < -0.39 is 23.8 Å². The second-order valence-electron chi connectivity index (χ2n) is 21.0. The van der Waals surface area contributed by atoms with E-state index in [-0.39, 0.29) is 50.0 Å². The molecular weight excluding hydrogens is 1020 g/mol. The van der Waals surface area contributed by atoms with Crippen molar-refractivity contribution in [1.82, 2.24) is 0 Å². The number of fused-ring (bicyclic) bond motifs is 2. The van der Waals surface area contributed by atoms with Gasteiger partial charge in [-0.2, -0.15) is 0 Å². The predicted octanol–water partition coefficient (Wildman–Crippen LogP) is 8.49. The highest BCUT2D eigenvalue weighted by molar-refractivity contribution is 5.98. The lowest BCUT2D eigenvalue weighted by molar-refractivity contribution is -0.942. The van der Waals surface area contributed by atoms with Gasteiger partial charge in [-0.1, -0.05) is 19.3 Å². The molecular formula is C61H84N2O16+2. The number of carbonyl (C=O) groups excluding carboxylic acids is 4. The van der Waals surface area contributed by atoms with Gasteiger partial charge >= 0.3 is 11.9 Å². The standard InChI is InChI=1S/C61H84N2O16/c1-38(64)46(36-62(3)22-20-42-32-50(68-5)52(70-7)34-44(42)48(62)26-40-28-54(72-9)58(76-13)55(29-40)73-10)60(66)78-24-18-16-15-17-19-25-79-61(67)47(39(2)65)37-63(4)23-21-43-33-51(69-6)53(71-8)35-45(43)49(63)27-41-30-56(74-11)59(77-14)57(31-41)75-12/h28-35,46-49H,15-27,36-37H2,1-14H3/q+2. The number of methoxy groups -OCH3 is 10. The SMILES string of the molecule is COc1cc2c(cc1OC)C(Cc1cc(OC)c(OC)c(OC)c1)[N+](C)(CC(C(C)=O)C(=O)OCCCCCCCOC(=O)C(C[N+]1(C)CCc3cc(OC)c(OC)cc3C1Cc1cc(OC)c(OC)c(OC)c1)C(C)=O)CC2. The van der Waals surface area contributed by atoms with Crippen molar-refractivity contribution in [3.63, 3.8) is 0 Å². The Labute approximate surface area is 466 Å². The summed E-state index contributed by atoms with van der Waals surface area (Å²) in [5.74, 6) is 1.94. The number of ether oxygens (including phenoxy) is 12.